The summed E-state index contributed by atoms with van der Waals surface area (Å²) in [5, 5.41) is 13.8. The third-order valence-electron chi connectivity index (χ3n) is 4.40. The van der Waals surface area contributed by atoms with E-state index in [2.05, 4.69) is 5.32 Å². The predicted octanol–water partition coefficient (Wildman–Crippen LogP) is 2.67. The molecule has 1 aromatic rings. The van der Waals surface area contributed by atoms with Crippen molar-refractivity contribution in [3.8, 4) is 0 Å². The van der Waals surface area contributed by atoms with Crippen molar-refractivity contribution in [3.63, 3.8) is 0 Å². The van der Waals surface area contributed by atoms with Crippen LogP contribution >= 0.6 is 0 Å². The van der Waals surface area contributed by atoms with Crippen LogP contribution in [0, 0.1) is 29.4 Å². The number of carbonyl (C=O) groups is 1. The molecule has 6 heteroatoms. The van der Waals surface area contributed by atoms with E-state index in [1.807, 2.05) is 6.92 Å². The average Bonchev–Trinajstić information content (AvgIpc) is 2.36. The fourth-order valence-electron chi connectivity index (χ4n) is 2.84. The molecular weight excluding hydrogens is 270 g/mol. The first-order valence-electron chi connectivity index (χ1n) is 7.12. The van der Waals surface area contributed by atoms with Gasteiger partial charge in [0.2, 0.25) is 5.91 Å². The van der Waals surface area contributed by atoms with Crippen molar-refractivity contribution in [3.05, 3.63) is 33.4 Å². The summed E-state index contributed by atoms with van der Waals surface area (Å²) < 4.78 is 0. The largest absolute Gasteiger partial charge is 0.330 e. The quantitative estimate of drug-likeness (QED) is 0.643. The molecule has 0 saturated heterocycles. The lowest BCUT2D eigenvalue weighted by atomic mass is 9.66. The molecule has 6 nitrogen and oxygen atoms in total. The third kappa shape index (κ3) is 3.21. The zero-order valence-electron chi connectivity index (χ0n) is 12.4. The Balaban J connectivity index is 2.13. The maximum Gasteiger partial charge on any atom is 0.274 e. The van der Waals surface area contributed by atoms with Gasteiger partial charge >= 0.3 is 0 Å². The second-order valence-electron chi connectivity index (χ2n) is 5.99. The molecule has 1 fully saturated rings. The first kappa shape index (κ1) is 15.4. The lowest BCUT2D eigenvalue weighted by molar-refractivity contribution is -0.385. The fraction of sp³-hybridized carbons (Fsp3) is 0.533. The van der Waals surface area contributed by atoms with Crippen LogP contribution in [0.5, 0.6) is 0 Å². The van der Waals surface area contributed by atoms with E-state index in [1.165, 1.54) is 6.07 Å². The summed E-state index contributed by atoms with van der Waals surface area (Å²) in [5.41, 5.74) is 7.62. The summed E-state index contributed by atoms with van der Waals surface area (Å²) in [6.07, 6.45) is 3.44. The fourth-order valence-corrected chi connectivity index (χ4v) is 2.84. The number of carbonyl (C=O) groups excluding carboxylic acids is 1. The molecule has 0 radical (unpaired) electrons. The highest BCUT2D eigenvalue weighted by atomic mass is 16.6. The lowest BCUT2D eigenvalue weighted by Gasteiger charge is -2.40. The van der Waals surface area contributed by atoms with Crippen LogP contribution in [0.1, 0.15) is 36.8 Å². The van der Waals surface area contributed by atoms with Crippen LogP contribution in [0.4, 0.5) is 11.4 Å². The molecule has 3 N–H and O–H groups in total. The molecule has 2 rings (SSSR count). The molecule has 0 bridgehead atoms. The molecule has 0 atom stereocenters. The summed E-state index contributed by atoms with van der Waals surface area (Å²) in [6.45, 7) is 4.02. The smallest absolute Gasteiger partial charge is 0.274 e. The van der Waals surface area contributed by atoms with Crippen molar-refractivity contribution in [1.82, 2.24) is 0 Å². The maximum absolute atomic E-state index is 12.2. The summed E-state index contributed by atoms with van der Waals surface area (Å²) in [6, 6.07) is 3.15. The van der Waals surface area contributed by atoms with Crippen molar-refractivity contribution in [2.24, 2.45) is 11.1 Å². The SMILES string of the molecule is Cc1cc(C)c([N+](=O)[O-])cc1NC(=O)CC1(CN)CCC1. The molecule has 0 unspecified atom stereocenters. The first-order valence-corrected chi connectivity index (χ1v) is 7.12. The first-order chi connectivity index (χ1) is 9.87. The van der Waals surface area contributed by atoms with Gasteiger partial charge in [0, 0.05) is 18.1 Å². The minimum Gasteiger partial charge on any atom is -0.330 e. The zero-order valence-corrected chi connectivity index (χ0v) is 12.4. The van der Waals surface area contributed by atoms with E-state index in [4.69, 9.17) is 5.73 Å². The number of nitro benzene ring substituents is 1. The Bertz CT molecular complexity index is 574. The highest BCUT2D eigenvalue weighted by molar-refractivity contribution is 5.92. The number of hydrogen-bond donors (Lipinski definition) is 2. The Kier molecular flexibility index (Phi) is 4.27. The van der Waals surface area contributed by atoms with Crippen molar-refractivity contribution < 1.29 is 9.72 Å². The third-order valence-corrected chi connectivity index (χ3v) is 4.40. The highest BCUT2D eigenvalue weighted by Gasteiger charge is 2.37. The van der Waals surface area contributed by atoms with Gasteiger partial charge in [-0.3, -0.25) is 14.9 Å². The number of nitrogens with zero attached hydrogens (tertiary/aromatic N) is 1. The molecule has 114 valence electrons. The summed E-state index contributed by atoms with van der Waals surface area (Å²) in [5.74, 6) is -0.124. The van der Waals surface area contributed by atoms with Crippen LogP contribution in [0.3, 0.4) is 0 Å². The van der Waals surface area contributed by atoms with E-state index in [0.29, 0.717) is 24.2 Å². The number of amides is 1. The number of rotatable bonds is 5. The van der Waals surface area contributed by atoms with E-state index in [9.17, 15) is 14.9 Å². The number of nitrogens with two attached hydrogens (primary N) is 1. The Morgan fingerprint density at radius 1 is 1.38 bits per heavy atom. The van der Waals surface area contributed by atoms with Crippen molar-refractivity contribution in [2.75, 3.05) is 11.9 Å². The van der Waals surface area contributed by atoms with E-state index in [1.54, 1.807) is 13.0 Å². The maximum atomic E-state index is 12.2. The van der Waals surface area contributed by atoms with E-state index in [-0.39, 0.29) is 17.0 Å². The monoisotopic (exact) mass is 291 g/mol. The summed E-state index contributed by atoms with van der Waals surface area (Å²) >= 11 is 0. The van der Waals surface area contributed by atoms with E-state index in [0.717, 1.165) is 24.8 Å². The van der Waals surface area contributed by atoms with Gasteiger partial charge in [-0.25, -0.2) is 0 Å². The van der Waals surface area contributed by atoms with Crippen molar-refractivity contribution >= 4 is 17.3 Å². The van der Waals surface area contributed by atoms with Crippen LogP contribution in [0.2, 0.25) is 0 Å². The van der Waals surface area contributed by atoms with Gasteiger partial charge in [-0.05, 0) is 50.3 Å². The summed E-state index contributed by atoms with van der Waals surface area (Å²) in [4.78, 5) is 22.7. The molecule has 1 amide bonds. The predicted molar refractivity (Wildman–Crippen MR) is 81.2 cm³/mol. The Morgan fingerprint density at radius 3 is 2.52 bits per heavy atom. The molecule has 0 aliphatic heterocycles. The minimum absolute atomic E-state index is 0.0214. The van der Waals surface area contributed by atoms with Gasteiger partial charge in [-0.2, -0.15) is 0 Å². The Morgan fingerprint density at radius 2 is 2.05 bits per heavy atom. The molecule has 0 heterocycles. The van der Waals surface area contributed by atoms with Crippen LogP contribution in [-0.4, -0.2) is 17.4 Å². The van der Waals surface area contributed by atoms with Crippen LogP contribution in [0.15, 0.2) is 12.1 Å². The Hall–Kier alpha value is -1.95. The number of nitro groups is 1. The number of nitrogens with one attached hydrogen (secondary N) is 1. The molecular formula is C15H21N3O3. The van der Waals surface area contributed by atoms with Crippen molar-refractivity contribution in [1.29, 1.82) is 0 Å². The van der Waals surface area contributed by atoms with Crippen LogP contribution in [-0.2, 0) is 4.79 Å². The average molecular weight is 291 g/mol. The molecule has 0 aromatic heterocycles. The topological polar surface area (TPSA) is 98.3 Å². The van der Waals surface area contributed by atoms with Gasteiger partial charge < -0.3 is 11.1 Å². The standard InChI is InChI=1S/C15H21N3O3/c1-10-6-11(2)13(18(20)21)7-12(10)17-14(19)8-15(9-16)4-3-5-15/h6-7H,3-5,8-9,16H2,1-2H3,(H,17,19). The number of hydrogen-bond acceptors (Lipinski definition) is 4. The second kappa shape index (κ2) is 5.81. The van der Waals surface area contributed by atoms with Crippen LogP contribution in [0.25, 0.3) is 0 Å². The molecule has 1 aliphatic rings. The lowest BCUT2D eigenvalue weighted by Crippen LogP contribution is -2.40. The molecule has 21 heavy (non-hydrogen) atoms. The van der Waals surface area contributed by atoms with E-state index >= 15 is 0 Å². The normalized spacial score (nSPS) is 16.1. The molecule has 1 saturated carbocycles. The van der Waals surface area contributed by atoms with Crippen LogP contribution < -0.4 is 11.1 Å². The van der Waals surface area contributed by atoms with Gasteiger partial charge in [0.05, 0.1) is 10.6 Å². The number of anilines is 1. The summed E-state index contributed by atoms with van der Waals surface area (Å²) in [7, 11) is 0. The second-order valence-corrected chi connectivity index (χ2v) is 5.99. The number of benzene rings is 1. The Labute approximate surface area is 123 Å². The van der Waals surface area contributed by atoms with Gasteiger partial charge in [-0.1, -0.05) is 6.42 Å². The molecule has 0 spiro atoms. The van der Waals surface area contributed by atoms with Crippen molar-refractivity contribution in [2.45, 2.75) is 39.5 Å². The van der Waals surface area contributed by atoms with Gasteiger partial charge in [0.1, 0.15) is 0 Å². The van der Waals surface area contributed by atoms with Gasteiger partial charge in [0.25, 0.3) is 5.69 Å². The minimum atomic E-state index is -0.433. The van der Waals surface area contributed by atoms with Gasteiger partial charge in [-0.15, -0.1) is 0 Å². The molecule has 1 aliphatic carbocycles. The highest BCUT2D eigenvalue weighted by Crippen LogP contribution is 2.43. The van der Waals surface area contributed by atoms with Gasteiger partial charge in [0.15, 0.2) is 0 Å². The zero-order chi connectivity index (χ0) is 15.6. The number of aryl methyl sites for hydroxylation is 2. The molecule has 1 aromatic carbocycles. The van der Waals surface area contributed by atoms with E-state index < -0.39 is 4.92 Å².